The minimum absolute atomic E-state index is 0.496. The Balaban J connectivity index is 1.29. The molecule has 0 radical (unpaired) electrons. The topological polar surface area (TPSA) is 4.93 Å². The first-order valence-electron chi connectivity index (χ1n) is 18.7. The highest BCUT2D eigenvalue weighted by molar-refractivity contribution is 7.02. The summed E-state index contributed by atoms with van der Waals surface area (Å²) in [6.07, 6.45) is 0. The lowest BCUT2D eigenvalue weighted by Crippen LogP contribution is -2.64. The average Bonchev–Trinajstić information content (AvgIpc) is 3.56. The van der Waals surface area contributed by atoms with Gasteiger partial charge in [-0.15, -0.1) is 0 Å². The molecule has 250 valence electrons. The first-order chi connectivity index (χ1) is 26.1. The highest BCUT2D eigenvalue weighted by Gasteiger charge is 2.53. The number of rotatable bonds is 3. The van der Waals surface area contributed by atoms with Gasteiger partial charge in [-0.1, -0.05) is 171 Å². The third-order valence-corrected chi connectivity index (χ3v) is 15.8. The Morgan fingerprint density at radius 2 is 0.962 bits per heavy atom. The van der Waals surface area contributed by atoms with Crippen LogP contribution in [0.4, 0.5) is 0 Å². The van der Waals surface area contributed by atoms with E-state index in [2.05, 4.69) is 206 Å². The molecule has 1 atom stereocenters. The molecular weight excluding hydrogens is 655 g/mol. The van der Waals surface area contributed by atoms with Crippen molar-refractivity contribution in [3.05, 3.63) is 210 Å². The van der Waals surface area contributed by atoms with E-state index >= 15 is 0 Å². The average molecular weight is 692 g/mol. The van der Waals surface area contributed by atoms with Gasteiger partial charge in [-0.05, 0) is 96.3 Å². The van der Waals surface area contributed by atoms with E-state index in [-0.39, 0.29) is 0 Å². The van der Waals surface area contributed by atoms with Crippen LogP contribution in [0.5, 0.6) is 0 Å². The molecule has 1 nitrogen and oxygen atoms in total. The van der Waals surface area contributed by atoms with Crippen LogP contribution in [0.3, 0.4) is 0 Å². The Hall–Kier alpha value is -6.22. The summed E-state index contributed by atoms with van der Waals surface area (Å²) in [6.45, 7) is 5.15. The Morgan fingerprint density at radius 1 is 0.415 bits per heavy atom. The summed E-state index contributed by atoms with van der Waals surface area (Å²) < 4.78 is 2.54. The van der Waals surface area contributed by atoms with Crippen molar-refractivity contribution in [3.8, 4) is 39.1 Å². The molecule has 0 fully saturated rings. The fourth-order valence-corrected chi connectivity index (χ4v) is 13.6. The second-order valence-corrected chi connectivity index (χ2v) is 19.5. The first-order valence-corrected chi connectivity index (χ1v) is 21.7. The normalized spacial score (nSPS) is 16.3. The lowest BCUT2D eigenvalue weighted by atomic mass is 9.62. The number of nitrogens with zero attached hydrogens (tertiary/aromatic N) is 1. The van der Waals surface area contributed by atoms with Crippen molar-refractivity contribution in [3.63, 3.8) is 0 Å². The van der Waals surface area contributed by atoms with E-state index in [0.717, 1.165) is 0 Å². The van der Waals surface area contributed by atoms with E-state index in [1.54, 1.807) is 0 Å². The van der Waals surface area contributed by atoms with Crippen molar-refractivity contribution < 1.29 is 0 Å². The molecule has 0 saturated carbocycles. The monoisotopic (exact) mass is 691 g/mol. The summed E-state index contributed by atoms with van der Waals surface area (Å²) in [7, 11) is -2.30. The predicted octanol–water partition coefficient (Wildman–Crippen LogP) is 11.6. The Morgan fingerprint density at radius 3 is 1.72 bits per heavy atom. The predicted molar refractivity (Wildman–Crippen MR) is 226 cm³/mol. The van der Waals surface area contributed by atoms with E-state index in [1.807, 2.05) is 0 Å². The molecule has 9 aromatic rings. The number of aromatic nitrogens is 1. The molecule has 0 saturated heterocycles. The Bertz CT molecular complexity index is 2860. The molecule has 1 unspecified atom stereocenters. The van der Waals surface area contributed by atoms with Crippen molar-refractivity contribution in [2.24, 2.45) is 0 Å². The van der Waals surface area contributed by atoms with Crippen LogP contribution in [0.15, 0.2) is 188 Å². The quantitative estimate of drug-likeness (QED) is 0.163. The van der Waals surface area contributed by atoms with Crippen molar-refractivity contribution in [1.82, 2.24) is 4.57 Å². The molecule has 0 N–H and O–H groups in total. The molecule has 11 rings (SSSR count). The van der Waals surface area contributed by atoms with Gasteiger partial charge < -0.3 is 4.57 Å². The minimum atomic E-state index is -2.30. The molecule has 53 heavy (non-hydrogen) atoms. The zero-order chi connectivity index (χ0) is 35.3. The van der Waals surface area contributed by atoms with Crippen LogP contribution in [0, 0.1) is 0 Å². The van der Waals surface area contributed by atoms with Crippen molar-refractivity contribution in [2.75, 3.05) is 0 Å². The van der Waals surface area contributed by atoms with Gasteiger partial charge in [-0.3, -0.25) is 0 Å². The summed E-state index contributed by atoms with van der Waals surface area (Å²) in [5.74, 6) is 0. The van der Waals surface area contributed by atoms with Gasteiger partial charge in [0.15, 0.2) is 0 Å². The number of hydrogen-bond acceptors (Lipinski definition) is 0. The van der Waals surface area contributed by atoms with E-state index in [4.69, 9.17) is 0 Å². The Labute approximate surface area is 311 Å². The summed E-state index contributed by atoms with van der Waals surface area (Å²) in [5, 5.41) is 5.65. The molecule has 0 bridgehead atoms. The third-order valence-electron chi connectivity index (χ3n) is 12.2. The van der Waals surface area contributed by atoms with Crippen molar-refractivity contribution in [1.29, 1.82) is 0 Å². The van der Waals surface area contributed by atoms with Crippen LogP contribution in [-0.2, 0) is 5.41 Å². The van der Waals surface area contributed by atoms with Crippen LogP contribution in [0.25, 0.3) is 60.9 Å². The summed E-state index contributed by atoms with van der Waals surface area (Å²) >= 11 is 0. The molecular formula is C51H37NSi. The lowest BCUT2D eigenvalue weighted by molar-refractivity contribution is 0.732. The fraction of sp³-hybridized carbons (Fsp3) is 0.0588. The van der Waals surface area contributed by atoms with Gasteiger partial charge in [-0.25, -0.2) is 0 Å². The largest absolute Gasteiger partial charge is 0.309 e. The fourth-order valence-electron chi connectivity index (χ4n) is 10.1. The van der Waals surface area contributed by atoms with Gasteiger partial charge in [0.05, 0.1) is 22.1 Å². The molecule has 2 aliphatic heterocycles. The SMILES string of the molecule is C[Si]1(C)c2ccccc2C2(c3ccccc3-n3c4ccccc4c4cccc2c43)c2cccc(-c3cc(-c4ccccc4)cc(-c4ccccc4)c3)c21. The van der Waals surface area contributed by atoms with Crippen LogP contribution in [0.2, 0.25) is 13.1 Å². The molecule has 8 aromatic carbocycles. The van der Waals surface area contributed by atoms with Crippen molar-refractivity contribution >= 4 is 40.3 Å². The molecule has 0 aliphatic carbocycles. The zero-order valence-corrected chi connectivity index (χ0v) is 30.8. The molecule has 1 aromatic heterocycles. The van der Waals surface area contributed by atoms with Crippen LogP contribution >= 0.6 is 0 Å². The second-order valence-electron chi connectivity index (χ2n) is 15.3. The molecule has 3 heterocycles. The lowest BCUT2D eigenvalue weighted by Gasteiger charge is -2.50. The highest BCUT2D eigenvalue weighted by Crippen LogP contribution is 2.55. The van der Waals surface area contributed by atoms with Gasteiger partial charge in [0, 0.05) is 10.8 Å². The van der Waals surface area contributed by atoms with E-state index in [9.17, 15) is 0 Å². The number of benzene rings is 8. The van der Waals surface area contributed by atoms with E-state index < -0.39 is 13.5 Å². The van der Waals surface area contributed by atoms with E-state index in [1.165, 1.54) is 93.5 Å². The van der Waals surface area contributed by atoms with Crippen LogP contribution in [-0.4, -0.2) is 12.6 Å². The van der Waals surface area contributed by atoms with Crippen molar-refractivity contribution in [2.45, 2.75) is 18.5 Å². The number of hydrogen-bond donors (Lipinski definition) is 0. The van der Waals surface area contributed by atoms with Crippen LogP contribution < -0.4 is 10.4 Å². The second kappa shape index (κ2) is 11.1. The molecule has 2 aliphatic rings. The summed E-state index contributed by atoms with van der Waals surface area (Å²) in [5.41, 5.74) is 16.5. The standard InChI is InChI=1S/C51H37NSi/c1-53(2)48-30-14-11-25-43(48)51(42-24-10-13-29-47(42)52-46-28-12-9-21-40(46)41-23-16-26-44(51)49(41)52)45-27-15-22-39(50(45)53)38-32-36(34-17-5-3-6-18-34)31-37(33-38)35-19-7-4-8-20-35/h3-33H,1-2H3. The third kappa shape index (κ3) is 4.07. The molecule has 0 amide bonds. The van der Waals surface area contributed by atoms with Gasteiger partial charge in [-0.2, -0.15) is 0 Å². The number of fused-ring (bicyclic) bond motifs is 11. The maximum atomic E-state index is 2.58. The smallest absolute Gasteiger partial charge is 0.113 e. The van der Waals surface area contributed by atoms with Crippen LogP contribution in [0.1, 0.15) is 22.3 Å². The Kier molecular flexibility index (Phi) is 6.39. The summed E-state index contributed by atoms with van der Waals surface area (Å²) in [4.78, 5) is 0. The minimum Gasteiger partial charge on any atom is -0.309 e. The maximum Gasteiger partial charge on any atom is 0.113 e. The first kappa shape index (κ1) is 30.4. The molecule has 1 spiro atoms. The van der Waals surface area contributed by atoms with Gasteiger partial charge in [0.25, 0.3) is 0 Å². The maximum absolute atomic E-state index is 2.58. The summed E-state index contributed by atoms with van der Waals surface area (Å²) in [6, 6.07) is 70.8. The molecule has 2 heteroatoms. The number of para-hydroxylation sites is 3. The van der Waals surface area contributed by atoms with Gasteiger partial charge in [0.1, 0.15) is 8.07 Å². The van der Waals surface area contributed by atoms with E-state index in [0.29, 0.717) is 0 Å². The highest BCUT2D eigenvalue weighted by atomic mass is 28.3. The van der Waals surface area contributed by atoms with Gasteiger partial charge >= 0.3 is 0 Å². The van der Waals surface area contributed by atoms with Gasteiger partial charge in [0.2, 0.25) is 0 Å². The zero-order valence-electron chi connectivity index (χ0n) is 29.8.